The number of pyridine rings is 1. The van der Waals surface area contributed by atoms with Crippen molar-refractivity contribution >= 4 is 29.4 Å². The molecular formula is C17H17ClN4O3. The summed E-state index contributed by atoms with van der Waals surface area (Å²) in [5, 5.41) is 6.07. The number of hydrogen-bond donors (Lipinski definition) is 3. The fourth-order valence-electron chi connectivity index (χ4n) is 2.67. The quantitative estimate of drug-likeness (QED) is 0.778. The summed E-state index contributed by atoms with van der Waals surface area (Å²) in [6, 6.07) is 9.83. The molecule has 1 aliphatic rings. The van der Waals surface area contributed by atoms with Gasteiger partial charge in [-0.3, -0.25) is 10.1 Å². The molecule has 2 aromatic rings. The van der Waals surface area contributed by atoms with E-state index in [1.54, 1.807) is 24.3 Å². The van der Waals surface area contributed by atoms with Crippen LogP contribution in [0.25, 0.3) is 0 Å². The summed E-state index contributed by atoms with van der Waals surface area (Å²) in [6.45, 7) is 0.466. The number of anilines is 1. The molecular weight excluding hydrogens is 344 g/mol. The van der Waals surface area contributed by atoms with Crippen LogP contribution in [0.1, 0.15) is 23.7 Å². The third-order valence-electron chi connectivity index (χ3n) is 3.73. The van der Waals surface area contributed by atoms with E-state index in [-0.39, 0.29) is 12.5 Å². The number of para-hydroxylation sites is 1. The Morgan fingerprint density at radius 1 is 1.28 bits per heavy atom. The van der Waals surface area contributed by atoms with Gasteiger partial charge in [0.1, 0.15) is 11.6 Å². The Morgan fingerprint density at radius 2 is 2.08 bits per heavy atom. The highest BCUT2D eigenvalue weighted by atomic mass is 35.5. The summed E-state index contributed by atoms with van der Waals surface area (Å²) in [5.41, 5.74) is 6.49. The third kappa shape index (κ3) is 4.19. The van der Waals surface area contributed by atoms with E-state index in [1.165, 1.54) is 0 Å². The molecule has 1 aromatic heterocycles. The van der Waals surface area contributed by atoms with Crippen LogP contribution in [-0.4, -0.2) is 23.5 Å². The van der Waals surface area contributed by atoms with Crippen LogP contribution in [-0.2, 0) is 11.2 Å². The van der Waals surface area contributed by atoms with Crippen LogP contribution in [0, 0.1) is 0 Å². The maximum absolute atomic E-state index is 12.3. The van der Waals surface area contributed by atoms with Crippen molar-refractivity contribution in [2.75, 3.05) is 11.9 Å². The lowest BCUT2D eigenvalue weighted by Gasteiger charge is -2.27. The Kier molecular flexibility index (Phi) is 5.04. The predicted molar refractivity (Wildman–Crippen MR) is 93.6 cm³/mol. The first kappa shape index (κ1) is 17.0. The highest BCUT2D eigenvalue weighted by Crippen LogP contribution is 2.37. The number of nitrogens with one attached hydrogen (secondary N) is 2. The van der Waals surface area contributed by atoms with Gasteiger partial charge in [-0.05, 0) is 18.2 Å². The molecule has 4 N–H and O–H groups in total. The molecule has 1 aromatic carbocycles. The molecule has 1 unspecified atom stereocenters. The summed E-state index contributed by atoms with van der Waals surface area (Å²) in [5.74, 6) is 0.460. The molecule has 0 saturated heterocycles. The number of amides is 3. The first-order chi connectivity index (χ1) is 12.0. The number of ether oxygens (including phenoxy) is 1. The molecule has 0 fully saturated rings. The number of carbonyl (C=O) groups excluding carboxylic acids is 2. The second-order valence-electron chi connectivity index (χ2n) is 5.60. The Balaban J connectivity index is 1.68. The molecule has 1 aliphatic heterocycles. The first-order valence-corrected chi connectivity index (χ1v) is 8.13. The molecule has 0 radical (unpaired) electrons. The number of nitrogens with zero attached hydrogens (tertiary/aromatic N) is 1. The lowest BCUT2D eigenvalue weighted by atomic mass is 10.0. The molecule has 0 bridgehead atoms. The van der Waals surface area contributed by atoms with E-state index in [1.807, 2.05) is 12.1 Å². The van der Waals surface area contributed by atoms with Crippen LogP contribution >= 0.6 is 11.6 Å². The third-order valence-corrected chi connectivity index (χ3v) is 4.03. The zero-order valence-electron chi connectivity index (χ0n) is 13.3. The molecule has 0 aliphatic carbocycles. The number of primary amides is 1. The number of fused-ring (bicyclic) bond motifs is 1. The van der Waals surface area contributed by atoms with Gasteiger partial charge in [-0.25, -0.2) is 9.78 Å². The fourth-order valence-corrected chi connectivity index (χ4v) is 2.91. The van der Waals surface area contributed by atoms with Crippen molar-refractivity contribution in [1.82, 2.24) is 10.3 Å². The number of carbonyl (C=O) groups is 2. The number of halogens is 1. The van der Waals surface area contributed by atoms with Crippen molar-refractivity contribution in [1.29, 1.82) is 0 Å². The number of benzene rings is 1. The van der Waals surface area contributed by atoms with E-state index in [4.69, 9.17) is 22.1 Å². The van der Waals surface area contributed by atoms with Crippen LogP contribution < -0.4 is 21.1 Å². The lowest BCUT2D eigenvalue weighted by Crippen LogP contribution is -2.35. The topological polar surface area (TPSA) is 106 Å². The number of urea groups is 1. The van der Waals surface area contributed by atoms with Crippen molar-refractivity contribution < 1.29 is 14.3 Å². The van der Waals surface area contributed by atoms with Crippen LogP contribution in [0.3, 0.4) is 0 Å². The Hall–Kier alpha value is -2.80. The summed E-state index contributed by atoms with van der Waals surface area (Å²) in [7, 11) is 0. The van der Waals surface area contributed by atoms with Gasteiger partial charge >= 0.3 is 6.03 Å². The average Bonchev–Trinajstić information content (AvgIpc) is 2.55. The largest absolute Gasteiger partial charge is 0.492 e. The molecule has 0 spiro atoms. The SMILES string of the molecule is NC(=O)Cc1cccc(NC(=O)NC2CCOc3c(Cl)cccc32)n1. The van der Waals surface area contributed by atoms with E-state index in [9.17, 15) is 9.59 Å². The second kappa shape index (κ2) is 7.40. The van der Waals surface area contributed by atoms with E-state index in [0.29, 0.717) is 35.3 Å². The van der Waals surface area contributed by atoms with Crippen molar-refractivity contribution in [2.24, 2.45) is 5.73 Å². The molecule has 1 atom stereocenters. The number of hydrogen-bond acceptors (Lipinski definition) is 4. The fraction of sp³-hybridized carbons (Fsp3) is 0.235. The van der Waals surface area contributed by atoms with Gasteiger partial charge < -0.3 is 15.8 Å². The van der Waals surface area contributed by atoms with Crippen molar-refractivity contribution in [2.45, 2.75) is 18.9 Å². The predicted octanol–water partition coefficient (Wildman–Crippen LogP) is 2.41. The molecule has 7 nitrogen and oxygen atoms in total. The Labute approximate surface area is 149 Å². The van der Waals surface area contributed by atoms with Crippen molar-refractivity contribution in [3.05, 3.63) is 52.7 Å². The van der Waals surface area contributed by atoms with E-state index >= 15 is 0 Å². The van der Waals surface area contributed by atoms with E-state index in [2.05, 4.69) is 15.6 Å². The summed E-state index contributed by atoms with van der Waals surface area (Å²) >= 11 is 6.13. The summed E-state index contributed by atoms with van der Waals surface area (Å²) in [4.78, 5) is 27.4. The minimum absolute atomic E-state index is 0.0168. The lowest BCUT2D eigenvalue weighted by molar-refractivity contribution is -0.117. The smallest absolute Gasteiger partial charge is 0.320 e. The normalized spacial score (nSPS) is 15.6. The number of aromatic nitrogens is 1. The standard InChI is InChI=1S/C17H17ClN4O3/c18-12-5-2-4-11-13(7-8-25-16(11)12)21-17(24)22-15-6-1-3-10(20-15)9-14(19)23/h1-6,13H,7-9H2,(H2,19,23)(H2,20,21,22,24). The molecule has 130 valence electrons. The van der Waals surface area contributed by atoms with Gasteiger partial charge in [0.05, 0.1) is 29.8 Å². The van der Waals surface area contributed by atoms with Gasteiger partial charge in [0.25, 0.3) is 0 Å². The van der Waals surface area contributed by atoms with Crippen LogP contribution in [0.2, 0.25) is 5.02 Å². The second-order valence-corrected chi connectivity index (χ2v) is 6.01. The Morgan fingerprint density at radius 3 is 2.88 bits per heavy atom. The first-order valence-electron chi connectivity index (χ1n) is 7.76. The molecule has 0 saturated carbocycles. The summed E-state index contributed by atoms with van der Waals surface area (Å²) < 4.78 is 5.58. The maximum Gasteiger partial charge on any atom is 0.320 e. The number of rotatable bonds is 4. The number of nitrogens with two attached hydrogens (primary N) is 1. The van der Waals surface area contributed by atoms with Crippen LogP contribution in [0.5, 0.6) is 5.75 Å². The van der Waals surface area contributed by atoms with Crippen molar-refractivity contribution in [3.8, 4) is 5.75 Å². The molecule has 3 rings (SSSR count). The van der Waals surface area contributed by atoms with Gasteiger partial charge in [0.15, 0.2) is 0 Å². The van der Waals surface area contributed by atoms with Gasteiger partial charge in [0.2, 0.25) is 5.91 Å². The van der Waals surface area contributed by atoms with E-state index < -0.39 is 11.9 Å². The van der Waals surface area contributed by atoms with Crippen LogP contribution in [0.4, 0.5) is 10.6 Å². The molecule has 25 heavy (non-hydrogen) atoms. The van der Waals surface area contributed by atoms with Gasteiger partial charge in [-0.1, -0.05) is 29.8 Å². The highest BCUT2D eigenvalue weighted by Gasteiger charge is 2.24. The van der Waals surface area contributed by atoms with Gasteiger partial charge in [-0.2, -0.15) is 0 Å². The zero-order valence-corrected chi connectivity index (χ0v) is 14.0. The van der Waals surface area contributed by atoms with Gasteiger partial charge in [0, 0.05) is 12.0 Å². The average molecular weight is 361 g/mol. The molecule has 2 heterocycles. The Bertz CT molecular complexity index is 812. The van der Waals surface area contributed by atoms with Gasteiger partial charge in [-0.15, -0.1) is 0 Å². The highest BCUT2D eigenvalue weighted by molar-refractivity contribution is 6.32. The summed E-state index contributed by atoms with van der Waals surface area (Å²) in [6.07, 6.45) is 0.652. The zero-order chi connectivity index (χ0) is 17.8. The molecule has 8 heteroatoms. The minimum Gasteiger partial charge on any atom is -0.492 e. The monoisotopic (exact) mass is 360 g/mol. The minimum atomic E-state index is -0.482. The molecule has 3 amide bonds. The maximum atomic E-state index is 12.3. The van der Waals surface area contributed by atoms with Crippen LogP contribution in [0.15, 0.2) is 36.4 Å². The van der Waals surface area contributed by atoms with Crippen molar-refractivity contribution in [3.63, 3.8) is 0 Å². The van der Waals surface area contributed by atoms with E-state index in [0.717, 1.165) is 5.56 Å².